The van der Waals surface area contributed by atoms with E-state index in [1.54, 1.807) is 30.3 Å². The van der Waals surface area contributed by atoms with Gasteiger partial charge in [0, 0.05) is 23.9 Å². The summed E-state index contributed by atoms with van der Waals surface area (Å²) >= 11 is 6.61. The van der Waals surface area contributed by atoms with E-state index in [2.05, 4.69) is 5.32 Å². The lowest BCUT2D eigenvalue weighted by Crippen LogP contribution is -2.39. The third-order valence-corrected chi connectivity index (χ3v) is 5.42. The fourth-order valence-electron chi connectivity index (χ4n) is 3.50. The zero-order chi connectivity index (χ0) is 20.5. The maximum atomic E-state index is 13.5. The molecule has 1 N–H and O–H groups in total. The minimum absolute atomic E-state index is 0.272. The highest BCUT2D eigenvalue weighted by molar-refractivity contribution is 6.34. The van der Waals surface area contributed by atoms with E-state index < -0.39 is 17.3 Å². The second-order valence-electron chi connectivity index (χ2n) is 6.79. The van der Waals surface area contributed by atoms with Crippen LogP contribution in [0.5, 0.6) is 0 Å². The normalized spacial score (nSPS) is 16.6. The lowest BCUT2D eigenvalue weighted by Gasteiger charge is -2.23. The molecule has 2 aromatic carbocycles. The molecule has 0 aliphatic carbocycles. The number of benzene rings is 2. The Balaban J connectivity index is 1.69. The number of nitrogens with zero attached hydrogens (tertiary/aromatic N) is 1. The molecule has 1 aliphatic rings. The van der Waals surface area contributed by atoms with Crippen LogP contribution in [0.3, 0.4) is 0 Å². The Kier molecular flexibility index (Phi) is 5.03. The summed E-state index contributed by atoms with van der Waals surface area (Å²) in [4.78, 5) is 35.6. The summed E-state index contributed by atoms with van der Waals surface area (Å²) in [5.74, 6) is -1.93. The van der Waals surface area contributed by atoms with Crippen molar-refractivity contribution in [3.05, 3.63) is 87.6 Å². The first-order chi connectivity index (χ1) is 14.0. The second-order valence-corrected chi connectivity index (χ2v) is 7.17. The Bertz CT molecular complexity index is 1170. The van der Waals surface area contributed by atoms with E-state index in [-0.39, 0.29) is 18.2 Å². The molecule has 0 spiro atoms. The van der Waals surface area contributed by atoms with Gasteiger partial charge in [-0.2, -0.15) is 0 Å². The Hall–Kier alpha value is -3.25. The van der Waals surface area contributed by atoms with Crippen molar-refractivity contribution in [2.75, 3.05) is 0 Å². The van der Waals surface area contributed by atoms with Crippen molar-refractivity contribution in [2.24, 2.45) is 0 Å². The van der Waals surface area contributed by atoms with Crippen molar-refractivity contribution in [3.8, 4) is 16.8 Å². The molecule has 1 aliphatic heterocycles. The summed E-state index contributed by atoms with van der Waals surface area (Å²) < 4.78 is 14.8. The zero-order valence-corrected chi connectivity index (χ0v) is 15.9. The summed E-state index contributed by atoms with van der Waals surface area (Å²) in [6.07, 6.45) is 2.18. The van der Waals surface area contributed by atoms with Gasteiger partial charge < -0.3 is 0 Å². The van der Waals surface area contributed by atoms with Crippen molar-refractivity contribution >= 4 is 23.4 Å². The van der Waals surface area contributed by atoms with E-state index in [1.807, 2.05) is 12.1 Å². The average Bonchev–Trinajstić information content (AvgIpc) is 2.71. The van der Waals surface area contributed by atoms with Gasteiger partial charge in [0.2, 0.25) is 11.8 Å². The maximum Gasteiger partial charge on any atom is 0.291 e. The summed E-state index contributed by atoms with van der Waals surface area (Å²) in [6, 6.07) is 15.0. The summed E-state index contributed by atoms with van der Waals surface area (Å²) in [5.41, 5.74) is 1.98. The Morgan fingerprint density at radius 2 is 1.76 bits per heavy atom. The average molecular weight is 411 g/mol. The van der Waals surface area contributed by atoms with Crippen LogP contribution in [-0.2, 0) is 9.59 Å². The molecule has 3 aromatic rings. The number of aromatic nitrogens is 1. The number of rotatable bonds is 3. The number of nitrogens with one attached hydrogen (secondary N) is 1. The molecule has 0 bridgehead atoms. The molecule has 2 heterocycles. The molecule has 1 aromatic heterocycles. The van der Waals surface area contributed by atoms with Crippen LogP contribution in [-0.4, -0.2) is 16.4 Å². The smallest absolute Gasteiger partial charge is 0.291 e. The minimum atomic E-state index is -0.823. The van der Waals surface area contributed by atoms with Crippen molar-refractivity contribution in [1.29, 1.82) is 0 Å². The van der Waals surface area contributed by atoms with E-state index in [4.69, 9.17) is 11.6 Å². The maximum absolute atomic E-state index is 13.5. The molecule has 7 heteroatoms. The largest absolute Gasteiger partial charge is 0.296 e. The lowest BCUT2D eigenvalue weighted by molar-refractivity contribution is -0.134. The van der Waals surface area contributed by atoms with Crippen LogP contribution >= 0.6 is 11.6 Å². The molecule has 1 unspecified atom stereocenters. The van der Waals surface area contributed by atoms with Gasteiger partial charge in [-0.05, 0) is 41.8 Å². The van der Waals surface area contributed by atoms with Gasteiger partial charge in [0.05, 0.1) is 10.9 Å². The van der Waals surface area contributed by atoms with Gasteiger partial charge >= 0.3 is 0 Å². The SMILES string of the molecule is O=C1CCC(c2cccc(-c3ccc(-n4cccc(F)c4=O)cc3)c2Cl)C(=O)N1. The van der Waals surface area contributed by atoms with Crippen molar-refractivity contribution < 1.29 is 14.0 Å². The molecule has 146 valence electrons. The number of hydrogen-bond acceptors (Lipinski definition) is 3. The number of amides is 2. The van der Waals surface area contributed by atoms with Gasteiger partial charge in [-0.25, -0.2) is 4.39 Å². The Morgan fingerprint density at radius 3 is 2.48 bits per heavy atom. The van der Waals surface area contributed by atoms with Crippen molar-refractivity contribution in [3.63, 3.8) is 0 Å². The quantitative estimate of drug-likeness (QED) is 0.667. The molecule has 1 atom stereocenters. The highest BCUT2D eigenvalue weighted by Gasteiger charge is 2.30. The van der Waals surface area contributed by atoms with Crippen LogP contribution in [0, 0.1) is 5.82 Å². The number of carbonyl (C=O) groups is 2. The number of piperidine rings is 1. The number of hydrogen-bond donors (Lipinski definition) is 1. The fraction of sp³-hybridized carbons (Fsp3) is 0.136. The number of imide groups is 1. The first-order valence-corrected chi connectivity index (χ1v) is 9.43. The fourth-order valence-corrected chi connectivity index (χ4v) is 3.87. The molecular formula is C22H16ClFN2O3. The predicted octanol–water partition coefficient (Wildman–Crippen LogP) is 3.82. The van der Waals surface area contributed by atoms with E-state index in [0.29, 0.717) is 22.7 Å². The van der Waals surface area contributed by atoms with Crippen LogP contribution in [0.4, 0.5) is 4.39 Å². The molecule has 2 amide bonds. The monoisotopic (exact) mass is 410 g/mol. The van der Waals surface area contributed by atoms with Crippen LogP contribution in [0.25, 0.3) is 16.8 Å². The van der Waals surface area contributed by atoms with Gasteiger partial charge in [0.1, 0.15) is 0 Å². The highest BCUT2D eigenvalue weighted by Crippen LogP contribution is 2.37. The number of halogens is 2. The number of pyridine rings is 1. The van der Waals surface area contributed by atoms with E-state index in [0.717, 1.165) is 17.2 Å². The third kappa shape index (κ3) is 3.59. The van der Waals surface area contributed by atoms with Gasteiger partial charge in [-0.15, -0.1) is 0 Å². The first kappa shape index (κ1) is 19.1. The van der Waals surface area contributed by atoms with Gasteiger partial charge in [-0.3, -0.25) is 24.3 Å². The van der Waals surface area contributed by atoms with Crippen LogP contribution in [0.1, 0.15) is 24.3 Å². The second kappa shape index (κ2) is 7.64. The van der Waals surface area contributed by atoms with Gasteiger partial charge in [0.15, 0.2) is 5.82 Å². The molecule has 29 heavy (non-hydrogen) atoms. The Morgan fingerprint density at radius 1 is 1.00 bits per heavy atom. The van der Waals surface area contributed by atoms with Gasteiger partial charge in [-0.1, -0.05) is 41.9 Å². The Labute approximate surface area is 170 Å². The molecule has 1 saturated heterocycles. The molecule has 1 fully saturated rings. The lowest BCUT2D eigenvalue weighted by atomic mass is 9.88. The standard InChI is InChI=1S/C22H16ClFN2O3/c23-20-15(3-1-4-16(20)17-10-11-19(27)25-21(17)28)13-6-8-14(9-7-13)26-12-2-5-18(24)22(26)29/h1-9,12,17H,10-11H2,(H,25,27,28). The molecule has 0 radical (unpaired) electrons. The summed E-state index contributed by atoms with van der Waals surface area (Å²) in [6.45, 7) is 0. The van der Waals surface area contributed by atoms with Crippen LogP contribution in [0.2, 0.25) is 5.02 Å². The molecule has 0 saturated carbocycles. The topological polar surface area (TPSA) is 68.2 Å². The van der Waals surface area contributed by atoms with E-state index >= 15 is 0 Å². The minimum Gasteiger partial charge on any atom is -0.296 e. The molecule has 5 nitrogen and oxygen atoms in total. The van der Waals surface area contributed by atoms with Crippen LogP contribution in [0.15, 0.2) is 65.6 Å². The van der Waals surface area contributed by atoms with Gasteiger partial charge in [0.25, 0.3) is 5.56 Å². The van der Waals surface area contributed by atoms with Crippen LogP contribution < -0.4 is 10.9 Å². The highest BCUT2D eigenvalue weighted by atomic mass is 35.5. The third-order valence-electron chi connectivity index (χ3n) is 5.00. The van der Waals surface area contributed by atoms with E-state index in [1.165, 1.54) is 16.8 Å². The van der Waals surface area contributed by atoms with Crippen molar-refractivity contribution in [1.82, 2.24) is 9.88 Å². The summed E-state index contributed by atoms with van der Waals surface area (Å²) in [7, 11) is 0. The number of carbonyl (C=O) groups excluding carboxylic acids is 2. The zero-order valence-electron chi connectivity index (χ0n) is 15.2. The molecule has 4 rings (SSSR count). The predicted molar refractivity (Wildman–Crippen MR) is 108 cm³/mol. The molecular weight excluding hydrogens is 395 g/mol. The van der Waals surface area contributed by atoms with Crippen molar-refractivity contribution in [2.45, 2.75) is 18.8 Å². The van der Waals surface area contributed by atoms with E-state index in [9.17, 15) is 18.8 Å². The first-order valence-electron chi connectivity index (χ1n) is 9.06. The summed E-state index contributed by atoms with van der Waals surface area (Å²) in [5, 5.41) is 2.79.